The second kappa shape index (κ2) is 11.9. The fraction of sp³-hybridized carbons (Fsp3) is 0.360. The van der Waals surface area contributed by atoms with Crippen LogP contribution in [0.2, 0.25) is 0 Å². The van der Waals surface area contributed by atoms with Crippen LogP contribution in [0, 0.1) is 0 Å². The number of ketones is 1. The number of aliphatic hydroxyl groups is 3. The van der Waals surface area contributed by atoms with E-state index in [9.17, 15) is 30.0 Å². The second-order valence-electron chi connectivity index (χ2n) is 7.95. The predicted octanol–water partition coefficient (Wildman–Crippen LogP) is 1.05. The number of methoxy groups -OCH3 is 2. The fourth-order valence-corrected chi connectivity index (χ4v) is 3.50. The summed E-state index contributed by atoms with van der Waals surface area (Å²) in [5, 5.41) is 40.5. The highest BCUT2D eigenvalue weighted by Crippen LogP contribution is 2.29. The number of aromatic hydroxyl groups is 1. The minimum Gasteiger partial charge on any atom is -0.504 e. The quantitative estimate of drug-likeness (QED) is 0.219. The van der Waals surface area contributed by atoms with Crippen molar-refractivity contribution in [2.24, 2.45) is 0 Å². The molecule has 194 valence electrons. The Bertz CT molecular complexity index is 1110. The number of benzene rings is 2. The molecule has 0 bridgehead atoms. The van der Waals surface area contributed by atoms with Gasteiger partial charge in [-0.25, -0.2) is 4.79 Å². The summed E-state index contributed by atoms with van der Waals surface area (Å²) < 4.78 is 26.5. The first-order valence-corrected chi connectivity index (χ1v) is 10.9. The first kappa shape index (κ1) is 27.0. The highest BCUT2D eigenvalue weighted by Gasteiger charge is 2.45. The summed E-state index contributed by atoms with van der Waals surface area (Å²) in [5.41, 5.74) is 0.891. The lowest BCUT2D eigenvalue weighted by molar-refractivity contribution is -0.278. The van der Waals surface area contributed by atoms with Crippen LogP contribution in [0.4, 0.5) is 0 Å². The number of ether oxygens (including phenoxy) is 5. The first-order valence-electron chi connectivity index (χ1n) is 10.9. The zero-order valence-electron chi connectivity index (χ0n) is 19.9. The number of rotatable bonds is 9. The van der Waals surface area contributed by atoms with Crippen LogP contribution in [0.1, 0.15) is 22.8 Å². The SMILES string of the molecule is COc1cc(/C=C/C(=O)OC[C@@H]2O[C@H](Oc3ccc(C(C)=O)c(OC)c3)[C@H](O)[C@@H](O)[C@@H]2O)ccc1O. The molecule has 1 aliphatic heterocycles. The number of phenolic OH excluding ortho intramolecular Hbond substituents is 1. The van der Waals surface area contributed by atoms with Crippen molar-refractivity contribution in [1.82, 2.24) is 0 Å². The van der Waals surface area contributed by atoms with Crippen LogP contribution in [0.3, 0.4) is 0 Å². The Morgan fingerprint density at radius 1 is 0.972 bits per heavy atom. The van der Waals surface area contributed by atoms with Gasteiger partial charge < -0.3 is 44.1 Å². The lowest BCUT2D eigenvalue weighted by Crippen LogP contribution is -2.60. The van der Waals surface area contributed by atoms with Gasteiger partial charge in [0.1, 0.15) is 42.5 Å². The molecule has 5 atom stereocenters. The highest BCUT2D eigenvalue weighted by atomic mass is 16.7. The van der Waals surface area contributed by atoms with Crippen molar-refractivity contribution in [3.63, 3.8) is 0 Å². The van der Waals surface area contributed by atoms with Crippen molar-refractivity contribution < 1.29 is 53.7 Å². The van der Waals surface area contributed by atoms with Crippen LogP contribution in [0.25, 0.3) is 6.08 Å². The summed E-state index contributed by atoms with van der Waals surface area (Å²) in [7, 11) is 2.78. The summed E-state index contributed by atoms with van der Waals surface area (Å²) in [6.07, 6.45) is -4.89. The third kappa shape index (κ3) is 6.32. The number of hydrogen-bond acceptors (Lipinski definition) is 11. The van der Waals surface area contributed by atoms with Crippen LogP contribution in [0.5, 0.6) is 23.0 Å². The summed E-state index contributed by atoms with van der Waals surface area (Å²) in [6, 6.07) is 8.85. The Labute approximate surface area is 207 Å². The van der Waals surface area contributed by atoms with Crippen molar-refractivity contribution in [1.29, 1.82) is 0 Å². The van der Waals surface area contributed by atoms with E-state index in [0.717, 1.165) is 6.08 Å². The largest absolute Gasteiger partial charge is 0.504 e. The molecule has 0 saturated carbocycles. The molecule has 1 fully saturated rings. The number of hydrogen-bond donors (Lipinski definition) is 4. The molecule has 11 heteroatoms. The molecule has 0 unspecified atom stereocenters. The molecule has 4 N–H and O–H groups in total. The smallest absolute Gasteiger partial charge is 0.330 e. The van der Waals surface area contributed by atoms with E-state index in [1.54, 1.807) is 6.07 Å². The fourth-order valence-electron chi connectivity index (χ4n) is 3.50. The van der Waals surface area contributed by atoms with Crippen molar-refractivity contribution in [2.75, 3.05) is 20.8 Å². The van der Waals surface area contributed by atoms with E-state index in [1.165, 1.54) is 57.6 Å². The number of esters is 1. The van der Waals surface area contributed by atoms with E-state index in [1.807, 2.05) is 0 Å². The topological polar surface area (TPSA) is 161 Å². The van der Waals surface area contributed by atoms with Gasteiger partial charge in [0.05, 0.1) is 19.8 Å². The number of carbonyl (C=O) groups excluding carboxylic acids is 2. The van der Waals surface area contributed by atoms with Crippen LogP contribution in [0.15, 0.2) is 42.5 Å². The van der Waals surface area contributed by atoms with Crippen LogP contribution in [-0.2, 0) is 14.3 Å². The predicted molar refractivity (Wildman–Crippen MR) is 125 cm³/mol. The lowest BCUT2D eigenvalue weighted by atomic mass is 9.99. The molecule has 1 saturated heterocycles. The molecule has 36 heavy (non-hydrogen) atoms. The Morgan fingerprint density at radius 3 is 2.36 bits per heavy atom. The average Bonchev–Trinajstić information content (AvgIpc) is 2.87. The molecule has 0 radical (unpaired) electrons. The Kier molecular flexibility index (Phi) is 8.88. The first-order chi connectivity index (χ1) is 17.1. The van der Waals surface area contributed by atoms with E-state index < -0.39 is 43.3 Å². The number of Topliss-reactive ketones (excluding diaryl/α,β-unsaturated/α-hetero) is 1. The summed E-state index contributed by atoms with van der Waals surface area (Å²) >= 11 is 0. The van der Waals surface area contributed by atoms with Crippen molar-refractivity contribution in [3.8, 4) is 23.0 Å². The van der Waals surface area contributed by atoms with Crippen molar-refractivity contribution in [2.45, 2.75) is 37.6 Å². The summed E-state index contributed by atoms with van der Waals surface area (Å²) in [6.45, 7) is 0.937. The second-order valence-corrected chi connectivity index (χ2v) is 7.95. The maximum absolute atomic E-state index is 12.2. The normalized spacial score (nSPS) is 23.8. The van der Waals surface area contributed by atoms with E-state index in [0.29, 0.717) is 11.1 Å². The standard InChI is InChI=1S/C25H28O11/c1-13(26)16-7-6-15(11-18(16)32-2)35-25-24(31)23(30)22(29)20(36-25)12-34-21(28)9-5-14-4-8-17(27)19(10-14)33-3/h4-11,20,22-25,27,29-31H,12H2,1-3H3/b9-5+/t20-,22+,23-,24+,25-/m0/s1. The van der Waals surface area contributed by atoms with Gasteiger partial charge in [0.15, 0.2) is 17.3 Å². The van der Waals surface area contributed by atoms with Gasteiger partial charge in [0.25, 0.3) is 0 Å². The molecule has 2 aromatic carbocycles. The van der Waals surface area contributed by atoms with E-state index in [-0.39, 0.29) is 28.8 Å². The van der Waals surface area contributed by atoms with Gasteiger partial charge in [-0.15, -0.1) is 0 Å². The van der Waals surface area contributed by atoms with Crippen LogP contribution >= 0.6 is 0 Å². The van der Waals surface area contributed by atoms with Gasteiger partial charge in [0.2, 0.25) is 6.29 Å². The molecule has 0 aliphatic carbocycles. The van der Waals surface area contributed by atoms with Gasteiger partial charge in [-0.1, -0.05) is 6.07 Å². The van der Waals surface area contributed by atoms with E-state index >= 15 is 0 Å². The third-order valence-electron chi connectivity index (χ3n) is 5.48. The van der Waals surface area contributed by atoms with Gasteiger partial charge in [-0.3, -0.25) is 4.79 Å². The monoisotopic (exact) mass is 504 g/mol. The molecule has 0 spiro atoms. The maximum Gasteiger partial charge on any atom is 0.330 e. The molecule has 0 amide bonds. The average molecular weight is 504 g/mol. The molecular formula is C25H28O11. The minimum absolute atomic E-state index is 0.0496. The molecule has 0 aromatic heterocycles. The summed E-state index contributed by atoms with van der Waals surface area (Å²) in [5.74, 6) is -0.378. The zero-order valence-corrected chi connectivity index (χ0v) is 19.9. The zero-order chi connectivity index (χ0) is 26.4. The Hall–Kier alpha value is -3.64. The van der Waals surface area contributed by atoms with Gasteiger partial charge >= 0.3 is 5.97 Å². The third-order valence-corrected chi connectivity index (χ3v) is 5.48. The van der Waals surface area contributed by atoms with Gasteiger partial charge in [-0.2, -0.15) is 0 Å². The molecule has 2 aromatic rings. The Morgan fingerprint density at radius 2 is 1.69 bits per heavy atom. The molecule has 1 aliphatic rings. The molecule has 1 heterocycles. The lowest BCUT2D eigenvalue weighted by Gasteiger charge is -2.39. The summed E-state index contributed by atoms with van der Waals surface area (Å²) in [4.78, 5) is 23.8. The van der Waals surface area contributed by atoms with Gasteiger partial charge in [0, 0.05) is 12.1 Å². The number of phenols is 1. The van der Waals surface area contributed by atoms with E-state index in [2.05, 4.69) is 0 Å². The van der Waals surface area contributed by atoms with Crippen molar-refractivity contribution >= 4 is 17.8 Å². The molecule has 3 rings (SSSR count). The highest BCUT2D eigenvalue weighted by molar-refractivity contribution is 5.97. The number of carbonyl (C=O) groups is 2. The van der Waals surface area contributed by atoms with Crippen LogP contribution in [-0.4, -0.2) is 83.7 Å². The van der Waals surface area contributed by atoms with Crippen molar-refractivity contribution in [3.05, 3.63) is 53.6 Å². The minimum atomic E-state index is -1.65. The maximum atomic E-state index is 12.2. The van der Waals surface area contributed by atoms with Gasteiger partial charge in [-0.05, 0) is 42.8 Å². The van der Waals surface area contributed by atoms with E-state index in [4.69, 9.17) is 23.7 Å². The number of aliphatic hydroxyl groups excluding tert-OH is 3. The molecular weight excluding hydrogens is 476 g/mol. The molecule has 11 nitrogen and oxygen atoms in total. The van der Waals surface area contributed by atoms with Crippen LogP contribution < -0.4 is 14.2 Å². The Balaban J connectivity index is 1.64.